The second-order valence-electron chi connectivity index (χ2n) is 4.33. The number of benzene rings is 2. The highest BCUT2D eigenvalue weighted by molar-refractivity contribution is 6.00. The average Bonchev–Trinajstić information content (AvgIpc) is 2.43. The van der Waals surface area contributed by atoms with Gasteiger partial charge in [0, 0.05) is 5.56 Å². The molecule has 0 saturated carbocycles. The third-order valence-electron chi connectivity index (χ3n) is 3.02. The van der Waals surface area contributed by atoms with Crippen molar-refractivity contribution in [3.63, 3.8) is 0 Å². The molecule has 2 rings (SSSR count). The molecule has 0 fully saturated rings. The van der Waals surface area contributed by atoms with E-state index < -0.39 is 12.0 Å². The quantitative estimate of drug-likeness (QED) is 0.884. The van der Waals surface area contributed by atoms with Crippen LogP contribution < -0.4 is 5.32 Å². The molecule has 0 radical (unpaired) electrons. The first kappa shape index (κ1) is 13.1. The molecular weight excluding hydrogens is 242 g/mol. The number of rotatable bonds is 4. The number of carbonyl (C=O) groups is 2. The molecule has 1 atom stereocenters. The Morgan fingerprint density at radius 1 is 1.16 bits per heavy atom. The monoisotopic (exact) mass is 257 g/mol. The molecule has 0 aromatic heterocycles. The lowest BCUT2D eigenvalue weighted by atomic mass is 10.1. The first-order valence-electron chi connectivity index (χ1n) is 6.14. The number of carbonyl (C=O) groups excluding carboxylic acids is 1. The van der Waals surface area contributed by atoms with Gasteiger partial charge >= 0.3 is 5.97 Å². The van der Waals surface area contributed by atoms with Crippen LogP contribution in [0, 0.1) is 0 Å². The molecule has 2 aromatic carbocycles. The van der Waals surface area contributed by atoms with Crippen LogP contribution in [0.2, 0.25) is 0 Å². The maximum Gasteiger partial charge on any atom is 0.326 e. The summed E-state index contributed by atoms with van der Waals surface area (Å²) in [5, 5.41) is 13.4. The van der Waals surface area contributed by atoms with Crippen LogP contribution in [0.15, 0.2) is 42.5 Å². The van der Waals surface area contributed by atoms with Crippen LogP contribution in [0.25, 0.3) is 10.8 Å². The molecule has 0 aliphatic rings. The van der Waals surface area contributed by atoms with Gasteiger partial charge in [0.05, 0.1) is 0 Å². The summed E-state index contributed by atoms with van der Waals surface area (Å²) >= 11 is 0. The van der Waals surface area contributed by atoms with Crippen LogP contribution in [0.5, 0.6) is 0 Å². The zero-order valence-corrected chi connectivity index (χ0v) is 10.6. The lowest BCUT2D eigenvalue weighted by Gasteiger charge is -2.12. The smallest absolute Gasteiger partial charge is 0.326 e. The topological polar surface area (TPSA) is 66.4 Å². The molecule has 0 saturated heterocycles. The Morgan fingerprint density at radius 2 is 1.84 bits per heavy atom. The van der Waals surface area contributed by atoms with Crippen LogP contribution in [0.3, 0.4) is 0 Å². The Hall–Kier alpha value is -2.36. The normalized spacial score (nSPS) is 12.1. The molecular formula is C15H15NO3. The molecule has 0 aliphatic carbocycles. The van der Waals surface area contributed by atoms with Crippen LogP contribution in [-0.4, -0.2) is 23.0 Å². The van der Waals surface area contributed by atoms with Gasteiger partial charge < -0.3 is 10.4 Å². The van der Waals surface area contributed by atoms with Crippen molar-refractivity contribution in [3.05, 3.63) is 48.0 Å². The van der Waals surface area contributed by atoms with Crippen molar-refractivity contribution in [1.82, 2.24) is 5.32 Å². The van der Waals surface area contributed by atoms with Gasteiger partial charge in [0.15, 0.2) is 0 Å². The average molecular weight is 257 g/mol. The van der Waals surface area contributed by atoms with Gasteiger partial charge in [-0.25, -0.2) is 4.79 Å². The standard InChI is InChI=1S/C15H15NO3/c1-2-13(15(18)19)16-14(17)12-8-7-10-5-3-4-6-11(10)9-12/h3-9,13H,2H2,1H3,(H,16,17)(H,18,19). The molecule has 0 spiro atoms. The zero-order valence-electron chi connectivity index (χ0n) is 10.6. The number of hydrogen-bond acceptors (Lipinski definition) is 2. The summed E-state index contributed by atoms with van der Waals surface area (Å²) in [6.45, 7) is 1.72. The highest BCUT2D eigenvalue weighted by atomic mass is 16.4. The van der Waals surface area contributed by atoms with E-state index in [0.29, 0.717) is 12.0 Å². The van der Waals surface area contributed by atoms with Crippen molar-refractivity contribution in [1.29, 1.82) is 0 Å². The molecule has 4 nitrogen and oxygen atoms in total. The number of carboxylic acid groups (broad SMARTS) is 1. The summed E-state index contributed by atoms with van der Waals surface area (Å²) in [5.41, 5.74) is 0.471. The summed E-state index contributed by atoms with van der Waals surface area (Å²) < 4.78 is 0. The van der Waals surface area contributed by atoms with Gasteiger partial charge in [0.2, 0.25) is 0 Å². The van der Waals surface area contributed by atoms with E-state index in [0.717, 1.165) is 10.8 Å². The van der Waals surface area contributed by atoms with E-state index in [1.54, 1.807) is 19.1 Å². The van der Waals surface area contributed by atoms with Crippen LogP contribution in [0.1, 0.15) is 23.7 Å². The SMILES string of the molecule is CCC(NC(=O)c1ccc2ccccc2c1)C(=O)O. The van der Waals surface area contributed by atoms with E-state index in [4.69, 9.17) is 5.11 Å². The lowest BCUT2D eigenvalue weighted by molar-refractivity contribution is -0.139. The van der Waals surface area contributed by atoms with Crippen LogP contribution in [-0.2, 0) is 4.79 Å². The molecule has 19 heavy (non-hydrogen) atoms. The molecule has 4 heteroatoms. The number of aliphatic carboxylic acids is 1. The number of nitrogens with one attached hydrogen (secondary N) is 1. The van der Waals surface area contributed by atoms with Gasteiger partial charge in [-0.2, -0.15) is 0 Å². The van der Waals surface area contributed by atoms with Crippen molar-refractivity contribution in [2.75, 3.05) is 0 Å². The van der Waals surface area contributed by atoms with E-state index in [2.05, 4.69) is 5.32 Å². The van der Waals surface area contributed by atoms with Gasteiger partial charge in [-0.3, -0.25) is 4.79 Å². The summed E-state index contributed by atoms with van der Waals surface area (Å²) in [5.74, 6) is -1.38. The van der Waals surface area contributed by atoms with Crippen molar-refractivity contribution < 1.29 is 14.7 Å². The molecule has 1 amide bonds. The van der Waals surface area contributed by atoms with Crippen LogP contribution in [0.4, 0.5) is 0 Å². The van der Waals surface area contributed by atoms with Crippen molar-refractivity contribution >= 4 is 22.6 Å². The minimum Gasteiger partial charge on any atom is -0.480 e. The summed E-state index contributed by atoms with van der Waals surface area (Å²) in [4.78, 5) is 22.9. The predicted molar refractivity (Wildman–Crippen MR) is 73.1 cm³/mol. The van der Waals surface area contributed by atoms with Crippen molar-refractivity contribution in [3.8, 4) is 0 Å². The second kappa shape index (κ2) is 5.52. The Labute approximate surface area is 111 Å². The van der Waals surface area contributed by atoms with E-state index in [1.165, 1.54) is 0 Å². The molecule has 2 N–H and O–H groups in total. The lowest BCUT2D eigenvalue weighted by Crippen LogP contribution is -2.40. The fourth-order valence-corrected chi connectivity index (χ4v) is 1.91. The van der Waals surface area contributed by atoms with Gasteiger partial charge in [0.25, 0.3) is 5.91 Å². The number of amides is 1. The van der Waals surface area contributed by atoms with E-state index in [9.17, 15) is 9.59 Å². The predicted octanol–water partition coefficient (Wildman–Crippen LogP) is 2.43. The van der Waals surface area contributed by atoms with Crippen LogP contribution >= 0.6 is 0 Å². The Kier molecular flexibility index (Phi) is 3.80. The Morgan fingerprint density at radius 3 is 2.47 bits per heavy atom. The largest absolute Gasteiger partial charge is 0.480 e. The van der Waals surface area contributed by atoms with Gasteiger partial charge in [-0.15, -0.1) is 0 Å². The summed E-state index contributed by atoms with van der Waals surface area (Å²) in [7, 11) is 0. The fraction of sp³-hybridized carbons (Fsp3) is 0.200. The third-order valence-corrected chi connectivity index (χ3v) is 3.02. The highest BCUT2D eigenvalue weighted by Gasteiger charge is 2.18. The van der Waals surface area contributed by atoms with Crippen molar-refractivity contribution in [2.24, 2.45) is 0 Å². The minimum absolute atomic E-state index is 0.356. The van der Waals surface area contributed by atoms with Crippen molar-refractivity contribution in [2.45, 2.75) is 19.4 Å². The minimum atomic E-state index is -1.02. The fourth-order valence-electron chi connectivity index (χ4n) is 1.91. The van der Waals surface area contributed by atoms with Gasteiger partial charge in [-0.1, -0.05) is 37.3 Å². The maximum absolute atomic E-state index is 12.0. The highest BCUT2D eigenvalue weighted by Crippen LogP contribution is 2.15. The molecule has 0 bridgehead atoms. The Bertz CT molecular complexity index is 622. The molecule has 2 aromatic rings. The molecule has 0 aliphatic heterocycles. The molecule has 1 unspecified atom stereocenters. The van der Waals surface area contributed by atoms with Gasteiger partial charge in [-0.05, 0) is 29.3 Å². The molecule has 98 valence electrons. The number of carboxylic acids is 1. The second-order valence-corrected chi connectivity index (χ2v) is 4.33. The first-order chi connectivity index (χ1) is 9.11. The number of fused-ring (bicyclic) bond motifs is 1. The summed E-state index contributed by atoms with van der Waals surface area (Å²) in [6.07, 6.45) is 0.356. The Balaban J connectivity index is 2.24. The zero-order chi connectivity index (χ0) is 13.8. The third kappa shape index (κ3) is 2.91. The first-order valence-corrected chi connectivity index (χ1v) is 6.14. The molecule has 0 heterocycles. The maximum atomic E-state index is 12.0. The van der Waals surface area contributed by atoms with Gasteiger partial charge in [0.1, 0.15) is 6.04 Å². The van der Waals surface area contributed by atoms with E-state index in [-0.39, 0.29) is 5.91 Å². The van der Waals surface area contributed by atoms with E-state index >= 15 is 0 Å². The summed E-state index contributed by atoms with van der Waals surface area (Å²) in [6, 6.07) is 12.2. The van der Waals surface area contributed by atoms with E-state index in [1.807, 2.05) is 30.3 Å². The number of hydrogen-bond donors (Lipinski definition) is 2.